The fourth-order valence-corrected chi connectivity index (χ4v) is 4.85. The van der Waals surface area contributed by atoms with Gasteiger partial charge in [-0.05, 0) is 54.2 Å². The van der Waals surface area contributed by atoms with Crippen molar-refractivity contribution in [3.8, 4) is 5.75 Å². The average Bonchev–Trinajstić information content (AvgIpc) is 3.25. The standard InChI is InChI=1S/C24H25ClN4O4S/c1-14(2)11-19-17-8-7-16(12-15(17)9-10-29(19)24(31)32)22(30)26-23-28-27-21(34-23)13-33-20-6-4-3-5-18(20)25/h3-8,12,14,19H,9-11,13H2,1-2H3,(H,31,32)(H,26,28,30). The summed E-state index contributed by atoms with van der Waals surface area (Å²) < 4.78 is 5.67. The Kier molecular flexibility index (Phi) is 7.33. The highest BCUT2D eigenvalue weighted by Crippen LogP contribution is 2.35. The molecule has 0 bridgehead atoms. The van der Waals surface area contributed by atoms with Crippen LogP contribution in [0.5, 0.6) is 5.75 Å². The van der Waals surface area contributed by atoms with Crippen LogP contribution in [0.25, 0.3) is 0 Å². The van der Waals surface area contributed by atoms with Crippen LogP contribution in [0.2, 0.25) is 5.02 Å². The number of aromatic nitrogens is 2. The molecule has 2 heterocycles. The third kappa shape index (κ3) is 5.48. The van der Waals surface area contributed by atoms with Gasteiger partial charge in [-0.15, -0.1) is 10.2 Å². The largest absolute Gasteiger partial charge is 0.485 e. The van der Waals surface area contributed by atoms with Gasteiger partial charge in [0, 0.05) is 12.1 Å². The van der Waals surface area contributed by atoms with Gasteiger partial charge in [0.25, 0.3) is 5.91 Å². The minimum absolute atomic E-state index is 0.188. The van der Waals surface area contributed by atoms with Crippen molar-refractivity contribution in [2.75, 3.05) is 11.9 Å². The number of amides is 2. The number of nitrogens with zero attached hydrogens (tertiary/aromatic N) is 3. The van der Waals surface area contributed by atoms with E-state index in [0.717, 1.165) is 17.5 Å². The number of carbonyl (C=O) groups is 2. The van der Waals surface area contributed by atoms with E-state index in [1.165, 1.54) is 16.2 Å². The molecule has 0 aliphatic carbocycles. The van der Waals surface area contributed by atoms with Crippen LogP contribution >= 0.6 is 22.9 Å². The number of hydrogen-bond acceptors (Lipinski definition) is 6. The topological polar surface area (TPSA) is 105 Å². The maximum Gasteiger partial charge on any atom is 0.407 e. The summed E-state index contributed by atoms with van der Waals surface area (Å²) in [6, 6.07) is 12.4. The zero-order chi connectivity index (χ0) is 24.2. The summed E-state index contributed by atoms with van der Waals surface area (Å²) in [5.74, 6) is 0.601. The van der Waals surface area contributed by atoms with Gasteiger partial charge in [0.2, 0.25) is 5.13 Å². The highest BCUT2D eigenvalue weighted by atomic mass is 35.5. The number of fused-ring (bicyclic) bond motifs is 1. The van der Waals surface area contributed by atoms with Gasteiger partial charge >= 0.3 is 6.09 Å². The van der Waals surface area contributed by atoms with Crippen LogP contribution in [-0.4, -0.2) is 38.7 Å². The molecule has 1 aromatic heterocycles. The maximum atomic E-state index is 12.8. The Hall–Kier alpha value is -3.17. The van der Waals surface area contributed by atoms with E-state index >= 15 is 0 Å². The molecule has 34 heavy (non-hydrogen) atoms. The Labute approximate surface area is 206 Å². The van der Waals surface area contributed by atoms with Gasteiger partial charge in [0.15, 0.2) is 5.01 Å². The number of carbonyl (C=O) groups excluding carboxylic acids is 1. The van der Waals surface area contributed by atoms with Crippen molar-refractivity contribution in [3.63, 3.8) is 0 Å². The lowest BCUT2D eigenvalue weighted by molar-refractivity contribution is 0.102. The van der Waals surface area contributed by atoms with Crippen molar-refractivity contribution in [1.82, 2.24) is 15.1 Å². The number of anilines is 1. The van der Waals surface area contributed by atoms with E-state index in [1.54, 1.807) is 18.2 Å². The Morgan fingerprint density at radius 2 is 2.06 bits per heavy atom. The van der Waals surface area contributed by atoms with Crippen LogP contribution in [0.1, 0.15) is 52.8 Å². The Morgan fingerprint density at radius 1 is 1.26 bits per heavy atom. The van der Waals surface area contributed by atoms with Crippen molar-refractivity contribution >= 4 is 40.1 Å². The van der Waals surface area contributed by atoms with E-state index < -0.39 is 6.09 Å². The van der Waals surface area contributed by atoms with Crippen LogP contribution in [0, 0.1) is 5.92 Å². The summed E-state index contributed by atoms with van der Waals surface area (Å²) in [5, 5.41) is 22.0. The number of nitrogens with one attached hydrogen (secondary N) is 1. The first kappa shape index (κ1) is 24.0. The maximum absolute atomic E-state index is 12.8. The summed E-state index contributed by atoms with van der Waals surface area (Å²) in [5.41, 5.74) is 2.46. The lowest BCUT2D eigenvalue weighted by atomic mass is 9.87. The second-order valence-electron chi connectivity index (χ2n) is 8.46. The summed E-state index contributed by atoms with van der Waals surface area (Å²) in [7, 11) is 0. The third-order valence-corrected chi connectivity index (χ3v) is 6.70. The quantitative estimate of drug-likeness (QED) is 0.434. The summed E-state index contributed by atoms with van der Waals surface area (Å²) in [6.07, 6.45) is 0.387. The van der Waals surface area contributed by atoms with Crippen molar-refractivity contribution in [2.45, 2.75) is 39.3 Å². The van der Waals surface area contributed by atoms with Crippen LogP contribution in [0.4, 0.5) is 9.93 Å². The van der Waals surface area contributed by atoms with Crippen molar-refractivity contribution in [3.05, 3.63) is 69.2 Å². The monoisotopic (exact) mass is 500 g/mol. The number of rotatable bonds is 7. The van der Waals surface area contributed by atoms with E-state index in [1.807, 2.05) is 24.3 Å². The fourth-order valence-electron chi connectivity index (χ4n) is 4.02. The molecule has 1 unspecified atom stereocenters. The number of ether oxygens (including phenoxy) is 1. The molecule has 0 spiro atoms. The first-order valence-corrected chi connectivity index (χ1v) is 12.1. The Morgan fingerprint density at radius 3 is 2.79 bits per heavy atom. The molecule has 3 aromatic rings. The van der Waals surface area contributed by atoms with E-state index in [0.29, 0.717) is 45.4 Å². The van der Waals surface area contributed by atoms with Crippen LogP contribution in [0.15, 0.2) is 42.5 Å². The second-order valence-corrected chi connectivity index (χ2v) is 9.93. The molecule has 0 radical (unpaired) electrons. The molecular formula is C24H25ClN4O4S. The summed E-state index contributed by atoms with van der Waals surface area (Å²) in [6.45, 7) is 4.75. The molecule has 4 rings (SSSR count). The van der Waals surface area contributed by atoms with Crippen molar-refractivity contribution in [2.24, 2.45) is 5.92 Å². The van der Waals surface area contributed by atoms with Gasteiger partial charge in [-0.3, -0.25) is 10.1 Å². The molecule has 2 amide bonds. The van der Waals surface area contributed by atoms with Crippen molar-refractivity contribution in [1.29, 1.82) is 0 Å². The van der Waals surface area contributed by atoms with E-state index in [4.69, 9.17) is 16.3 Å². The highest BCUT2D eigenvalue weighted by Gasteiger charge is 2.31. The van der Waals surface area contributed by atoms with Gasteiger partial charge in [0.1, 0.15) is 12.4 Å². The SMILES string of the molecule is CC(C)CC1c2ccc(C(=O)Nc3nnc(COc4ccccc4Cl)s3)cc2CCN1C(=O)O. The van der Waals surface area contributed by atoms with Crippen LogP contribution in [0.3, 0.4) is 0 Å². The second kappa shape index (κ2) is 10.4. The molecule has 0 fully saturated rings. The van der Waals surface area contributed by atoms with Crippen LogP contribution in [-0.2, 0) is 13.0 Å². The lowest BCUT2D eigenvalue weighted by Crippen LogP contribution is -2.39. The summed E-state index contributed by atoms with van der Waals surface area (Å²) in [4.78, 5) is 26.0. The molecule has 0 saturated heterocycles. The fraction of sp³-hybridized carbons (Fsp3) is 0.333. The zero-order valence-corrected chi connectivity index (χ0v) is 20.4. The summed E-state index contributed by atoms with van der Waals surface area (Å²) >= 11 is 7.32. The molecular weight excluding hydrogens is 476 g/mol. The lowest BCUT2D eigenvalue weighted by Gasteiger charge is -2.36. The molecule has 1 aliphatic heterocycles. The highest BCUT2D eigenvalue weighted by molar-refractivity contribution is 7.15. The molecule has 8 nitrogen and oxygen atoms in total. The molecule has 1 atom stereocenters. The Balaban J connectivity index is 1.43. The molecule has 1 aliphatic rings. The van der Waals surface area contributed by atoms with Crippen LogP contribution < -0.4 is 10.1 Å². The average molecular weight is 501 g/mol. The molecule has 2 aromatic carbocycles. The third-order valence-electron chi connectivity index (χ3n) is 5.58. The predicted octanol–water partition coefficient (Wildman–Crippen LogP) is 5.65. The number of para-hydroxylation sites is 1. The van der Waals surface area contributed by atoms with E-state index in [-0.39, 0.29) is 18.6 Å². The minimum atomic E-state index is -0.913. The predicted molar refractivity (Wildman–Crippen MR) is 131 cm³/mol. The number of halogens is 1. The first-order chi connectivity index (χ1) is 16.3. The Bertz CT molecular complexity index is 1200. The van der Waals surface area contributed by atoms with Gasteiger partial charge in [-0.2, -0.15) is 0 Å². The van der Waals surface area contributed by atoms with Gasteiger partial charge < -0.3 is 14.7 Å². The molecule has 10 heteroatoms. The number of benzene rings is 2. The first-order valence-electron chi connectivity index (χ1n) is 10.9. The number of hydrogen-bond donors (Lipinski definition) is 2. The normalized spacial score (nSPS) is 15.2. The molecule has 0 saturated carbocycles. The van der Waals surface area contributed by atoms with E-state index in [2.05, 4.69) is 29.4 Å². The molecule has 2 N–H and O–H groups in total. The van der Waals surface area contributed by atoms with Gasteiger partial charge in [-0.1, -0.05) is 55.0 Å². The molecule has 178 valence electrons. The van der Waals surface area contributed by atoms with Gasteiger partial charge in [0.05, 0.1) is 11.1 Å². The van der Waals surface area contributed by atoms with Gasteiger partial charge in [-0.25, -0.2) is 4.79 Å². The number of carboxylic acid groups (broad SMARTS) is 1. The zero-order valence-electron chi connectivity index (χ0n) is 18.8. The minimum Gasteiger partial charge on any atom is -0.485 e. The van der Waals surface area contributed by atoms with Crippen molar-refractivity contribution < 1.29 is 19.4 Å². The van der Waals surface area contributed by atoms with E-state index in [9.17, 15) is 14.7 Å². The smallest absolute Gasteiger partial charge is 0.407 e.